The Morgan fingerprint density at radius 2 is 1.81 bits per heavy atom. The molecule has 1 amide bonds. The summed E-state index contributed by atoms with van der Waals surface area (Å²) >= 11 is 0. The number of anilines is 1. The van der Waals surface area contributed by atoms with Gasteiger partial charge in [0.25, 0.3) is 0 Å². The number of benzene rings is 2. The highest BCUT2D eigenvalue weighted by molar-refractivity contribution is 5.79. The van der Waals surface area contributed by atoms with Crippen molar-refractivity contribution >= 4 is 11.7 Å². The molecule has 6 heteroatoms. The molecule has 0 spiro atoms. The lowest BCUT2D eigenvalue weighted by molar-refractivity contribution is -0.125. The molecule has 32 heavy (non-hydrogen) atoms. The van der Waals surface area contributed by atoms with E-state index in [1.165, 1.54) is 0 Å². The van der Waals surface area contributed by atoms with Crippen LogP contribution in [-0.2, 0) is 11.3 Å². The summed E-state index contributed by atoms with van der Waals surface area (Å²) in [5.41, 5.74) is 3.08. The molecule has 166 valence electrons. The molecule has 3 aromatic rings. The average Bonchev–Trinajstić information content (AvgIpc) is 2.87. The van der Waals surface area contributed by atoms with Gasteiger partial charge < -0.3 is 15.0 Å². The fraction of sp³-hybridized carbons (Fsp3) is 0.346. The Balaban J connectivity index is 1.27. The third kappa shape index (κ3) is 5.63. The molecule has 0 atom stereocenters. The molecular weight excluding hydrogens is 400 g/mol. The van der Waals surface area contributed by atoms with E-state index in [1.54, 1.807) is 6.33 Å². The SMILES string of the molecule is CCCOc1ccc(CNC(=O)C2CCN(c3cc(-c4ccccc4)ncn3)CC2)cc1. The zero-order valence-corrected chi connectivity index (χ0v) is 18.5. The highest BCUT2D eigenvalue weighted by atomic mass is 16.5. The van der Waals surface area contributed by atoms with Gasteiger partial charge in [0.15, 0.2) is 0 Å². The molecule has 4 rings (SSSR count). The monoisotopic (exact) mass is 430 g/mol. The summed E-state index contributed by atoms with van der Waals surface area (Å²) in [5.74, 6) is 1.95. The Morgan fingerprint density at radius 3 is 2.53 bits per heavy atom. The molecule has 0 radical (unpaired) electrons. The largest absolute Gasteiger partial charge is 0.494 e. The van der Waals surface area contributed by atoms with E-state index in [-0.39, 0.29) is 11.8 Å². The molecule has 1 saturated heterocycles. The van der Waals surface area contributed by atoms with Crippen molar-refractivity contribution in [2.45, 2.75) is 32.7 Å². The molecule has 1 aliphatic heterocycles. The molecule has 0 bridgehead atoms. The molecule has 1 N–H and O–H groups in total. The van der Waals surface area contributed by atoms with Gasteiger partial charge in [-0.25, -0.2) is 9.97 Å². The van der Waals surface area contributed by atoms with Crippen LogP contribution in [0.15, 0.2) is 67.0 Å². The highest BCUT2D eigenvalue weighted by Gasteiger charge is 2.25. The smallest absolute Gasteiger partial charge is 0.223 e. The van der Waals surface area contributed by atoms with E-state index in [9.17, 15) is 4.79 Å². The van der Waals surface area contributed by atoms with Gasteiger partial charge in [0, 0.05) is 37.2 Å². The standard InChI is InChI=1S/C26H30N4O2/c1-2-16-32-23-10-8-20(9-11-23)18-27-26(31)22-12-14-30(15-13-22)25-17-24(28-19-29-25)21-6-4-3-5-7-21/h3-11,17,19,22H,2,12-16,18H2,1H3,(H,27,31). The van der Waals surface area contributed by atoms with Crippen molar-refractivity contribution in [2.24, 2.45) is 5.92 Å². The van der Waals surface area contributed by atoms with Crippen LogP contribution < -0.4 is 15.0 Å². The van der Waals surface area contributed by atoms with E-state index in [0.717, 1.165) is 67.3 Å². The summed E-state index contributed by atoms with van der Waals surface area (Å²) in [6.45, 7) is 4.97. The lowest BCUT2D eigenvalue weighted by Crippen LogP contribution is -2.40. The van der Waals surface area contributed by atoms with Gasteiger partial charge >= 0.3 is 0 Å². The topological polar surface area (TPSA) is 67.3 Å². The van der Waals surface area contributed by atoms with Crippen LogP contribution in [0.3, 0.4) is 0 Å². The van der Waals surface area contributed by atoms with E-state index in [1.807, 2.05) is 48.5 Å². The Labute approximate surface area is 189 Å². The van der Waals surface area contributed by atoms with Crippen LogP contribution in [0.25, 0.3) is 11.3 Å². The predicted molar refractivity (Wildman–Crippen MR) is 126 cm³/mol. The quantitative estimate of drug-likeness (QED) is 0.571. The van der Waals surface area contributed by atoms with Crippen LogP contribution in [0.2, 0.25) is 0 Å². The van der Waals surface area contributed by atoms with Crippen molar-refractivity contribution < 1.29 is 9.53 Å². The minimum Gasteiger partial charge on any atom is -0.494 e. The van der Waals surface area contributed by atoms with Gasteiger partial charge in [0.05, 0.1) is 12.3 Å². The normalized spacial score (nSPS) is 14.2. The van der Waals surface area contributed by atoms with Crippen molar-refractivity contribution in [3.63, 3.8) is 0 Å². The number of rotatable bonds is 8. The van der Waals surface area contributed by atoms with E-state index < -0.39 is 0 Å². The second kappa shape index (κ2) is 10.8. The fourth-order valence-electron chi connectivity index (χ4n) is 3.91. The molecule has 0 saturated carbocycles. The summed E-state index contributed by atoms with van der Waals surface area (Å²) in [7, 11) is 0. The predicted octanol–water partition coefficient (Wildman–Crippen LogP) is 4.47. The van der Waals surface area contributed by atoms with Crippen molar-refractivity contribution in [3.8, 4) is 17.0 Å². The summed E-state index contributed by atoms with van der Waals surface area (Å²) in [5, 5.41) is 3.09. The number of aromatic nitrogens is 2. The Kier molecular flexibility index (Phi) is 7.33. The van der Waals surface area contributed by atoms with Crippen LogP contribution in [0.4, 0.5) is 5.82 Å². The molecule has 6 nitrogen and oxygen atoms in total. The number of carbonyl (C=O) groups is 1. The zero-order chi connectivity index (χ0) is 22.2. The van der Waals surface area contributed by atoms with Crippen molar-refractivity contribution in [1.82, 2.24) is 15.3 Å². The first-order chi connectivity index (χ1) is 15.7. The average molecular weight is 431 g/mol. The Morgan fingerprint density at radius 1 is 1.06 bits per heavy atom. The first-order valence-corrected chi connectivity index (χ1v) is 11.3. The van der Waals surface area contributed by atoms with Gasteiger partial charge in [0.2, 0.25) is 5.91 Å². The van der Waals surface area contributed by atoms with Gasteiger partial charge in [-0.1, -0.05) is 49.4 Å². The summed E-state index contributed by atoms with van der Waals surface area (Å²) < 4.78 is 5.61. The van der Waals surface area contributed by atoms with Gasteiger partial charge in [-0.2, -0.15) is 0 Å². The summed E-state index contributed by atoms with van der Waals surface area (Å²) in [4.78, 5) is 23.8. The van der Waals surface area contributed by atoms with Crippen LogP contribution >= 0.6 is 0 Å². The maximum absolute atomic E-state index is 12.7. The van der Waals surface area contributed by atoms with Gasteiger partial charge in [0.1, 0.15) is 17.9 Å². The van der Waals surface area contributed by atoms with E-state index in [4.69, 9.17) is 4.74 Å². The second-order valence-corrected chi connectivity index (χ2v) is 8.10. The second-order valence-electron chi connectivity index (χ2n) is 8.10. The minimum atomic E-state index is 0.0360. The van der Waals surface area contributed by atoms with E-state index >= 15 is 0 Å². The molecular formula is C26H30N4O2. The first kappa shape index (κ1) is 21.8. The molecule has 0 aliphatic carbocycles. The first-order valence-electron chi connectivity index (χ1n) is 11.3. The van der Waals surface area contributed by atoms with Crippen LogP contribution in [0.5, 0.6) is 5.75 Å². The molecule has 2 aromatic carbocycles. The van der Waals surface area contributed by atoms with Crippen molar-refractivity contribution in [1.29, 1.82) is 0 Å². The number of ether oxygens (including phenoxy) is 1. The highest BCUT2D eigenvalue weighted by Crippen LogP contribution is 2.25. The number of nitrogens with one attached hydrogen (secondary N) is 1. The third-order valence-corrected chi connectivity index (χ3v) is 5.77. The van der Waals surface area contributed by atoms with Crippen molar-refractivity contribution in [3.05, 3.63) is 72.6 Å². The maximum atomic E-state index is 12.7. The lowest BCUT2D eigenvalue weighted by atomic mass is 9.95. The molecule has 1 aromatic heterocycles. The van der Waals surface area contributed by atoms with Gasteiger partial charge in [-0.15, -0.1) is 0 Å². The molecule has 0 unspecified atom stereocenters. The number of hydrogen-bond donors (Lipinski definition) is 1. The fourth-order valence-corrected chi connectivity index (χ4v) is 3.91. The van der Waals surface area contributed by atoms with Crippen LogP contribution in [-0.4, -0.2) is 35.6 Å². The van der Waals surface area contributed by atoms with Crippen molar-refractivity contribution in [2.75, 3.05) is 24.6 Å². The number of hydrogen-bond acceptors (Lipinski definition) is 5. The van der Waals surface area contributed by atoms with Gasteiger partial charge in [-0.05, 0) is 37.0 Å². The van der Waals surface area contributed by atoms with Gasteiger partial charge in [-0.3, -0.25) is 4.79 Å². The molecule has 1 fully saturated rings. The maximum Gasteiger partial charge on any atom is 0.223 e. The number of amides is 1. The van der Waals surface area contributed by atoms with E-state index in [2.05, 4.69) is 39.2 Å². The molecule has 1 aliphatic rings. The minimum absolute atomic E-state index is 0.0360. The third-order valence-electron chi connectivity index (χ3n) is 5.77. The van der Waals surface area contributed by atoms with E-state index in [0.29, 0.717) is 6.54 Å². The van der Waals surface area contributed by atoms with Crippen LogP contribution in [0.1, 0.15) is 31.7 Å². The summed E-state index contributed by atoms with van der Waals surface area (Å²) in [6, 6.07) is 20.1. The zero-order valence-electron chi connectivity index (χ0n) is 18.5. The number of nitrogens with zero attached hydrogens (tertiary/aromatic N) is 3. The Bertz CT molecular complexity index is 1000. The molecule has 2 heterocycles. The summed E-state index contributed by atoms with van der Waals surface area (Å²) in [6.07, 6.45) is 4.25. The number of carbonyl (C=O) groups excluding carboxylic acids is 1. The van der Waals surface area contributed by atoms with Crippen LogP contribution in [0, 0.1) is 5.92 Å². The number of piperidine rings is 1. The Hall–Kier alpha value is -3.41. The lowest BCUT2D eigenvalue weighted by Gasteiger charge is -2.32.